The summed E-state index contributed by atoms with van der Waals surface area (Å²) < 4.78 is 0. The molecule has 2 heteroatoms. The van der Waals surface area contributed by atoms with Gasteiger partial charge in [-0.05, 0) is 21.6 Å². The molecule has 0 heterocycles. The Labute approximate surface area is 122 Å². The van der Waals surface area contributed by atoms with Gasteiger partial charge >= 0.3 is 0 Å². The summed E-state index contributed by atoms with van der Waals surface area (Å²) in [6.07, 6.45) is 0. The molecule has 0 radical (unpaired) electrons. The van der Waals surface area contributed by atoms with Crippen molar-refractivity contribution in [2.75, 3.05) is 0 Å². The van der Waals surface area contributed by atoms with Gasteiger partial charge in [0.25, 0.3) is 0 Å². The van der Waals surface area contributed by atoms with Gasteiger partial charge in [-0.2, -0.15) is 0 Å². The molecule has 1 aromatic carbocycles. The largest absolute Gasteiger partial charge is 0.143 e. The Morgan fingerprint density at radius 2 is 1.44 bits per heavy atom. The fraction of sp³-hybridized carbons (Fsp3) is 0.625. The lowest BCUT2D eigenvalue weighted by atomic mass is 9.98. The predicted octanol–water partition coefficient (Wildman–Crippen LogP) is 5.91. The van der Waals surface area contributed by atoms with Crippen LogP contribution in [-0.4, -0.2) is 6.69 Å². The summed E-state index contributed by atoms with van der Waals surface area (Å²) in [5.74, 6) is 0.677. The number of hydrogen-bond acceptors (Lipinski definition) is 0. The Morgan fingerprint density at radius 3 is 1.83 bits per heavy atom. The van der Waals surface area contributed by atoms with Crippen molar-refractivity contribution in [3.05, 3.63) is 35.9 Å². The summed E-state index contributed by atoms with van der Waals surface area (Å²) in [7, 11) is 0. The normalized spacial score (nSPS) is 16.7. The number of rotatable bonds is 4. The van der Waals surface area contributed by atoms with Gasteiger partial charge in [0, 0.05) is 0 Å². The second-order valence-electron chi connectivity index (χ2n) is 6.87. The second kappa shape index (κ2) is 5.13. The van der Waals surface area contributed by atoms with Crippen LogP contribution in [0.4, 0.5) is 0 Å². The van der Waals surface area contributed by atoms with Crippen LogP contribution in [0.1, 0.15) is 47.1 Å². The molecule has 0 fully saturated rings. The Hall–Kier alpha value is -0.0831. The minimum Gasteiger partial charge on any atom is -0.125 e. The van der Waals surface area contributed by atoms with Crippen molar-refractivity contribution in [2.24, 2.45) is 5.92 Å². The van der Waals surface area contributed by atoms with Crippen LogP contribution in [0.2, 0.25) is 11.6 Å². The van der Waals surface area contributed by atoms with Crippen molar-refractivity contribution in [1.29, 1.82) is 0 Å². The average molecular weight is 327 g/mol. The van der Waals surface area contributed by atoms with Gasteiger partial charge in [0.1, 0.15) is 6.69 Å². The van der Waals surface area contributed by atoms with Crippen LogP contribution in [0.15, 0.2) is 30.3 Å². The van der Waals surface area contributed by atoms with Crippen molar-refractivity contribution in [3.8, 4) is 0 Å². The molecule has 1 unspecified atom stereocenters. The molecule has 0 N–H and O–H groups in total. The standard InChI is InChI=1S/C16H27BrSi/c1-13(2)15(3,4)18(7,17)16(5,6)14-11-9-8-10-12-14/h8-13H,1-7H3. The molecule has 18 heavy (non-hydrogen) atoms. The van der Waals surface area contributed by atoms with Crippen molar-refractivity contribution < 1.29 is 0 Å². The molecule has 0 aliphatic rings. The lowest BCUT2D eigenvalue weighted by molar-refractivity contribution is 0.447. The number of hydrogen-bond donors (Lipinski definition) is 0. The van der Waals surface area contributed by atoms with Gasteiger partial charge in [-0.1, -0.05) is 78.4 Å². The van der Waals surface area contributed by atoms with E-state index in [2.05, 4.69) is 93.7 Å². The van der Waals surface area contributed by atoms with Crippen LogP contribution in [0.5, 0.6) is 0 Å². The van der Waals surface area contributed by atoms with Crippen molar-refractivity contribution in [2.45, 2.75) is 58.2 Å². The van der Waals surface area contributed by atoms with E-state index >= 15 is 0 Å². The number of halogens is 1. The number of benzene rings is 1. The van der Waals surface area contributed by atoms with Crippen LogP contribution in [-0.2, 0) is 5.04 Å². The maximum atomic E-state index is 4.20. The first-order valence-electron chi connectivity index (χ1n) is 6.79. The van der Waals surface area contributed by atoms with Crippen LogP contribution < -0.4 is 0 Å². The van der Waals surface area contributed by atoms with E-state index in [9.17, 15) is 0 Å². The van der Waals surface area contributed by atoms with E-state index in [4.69, 9.17) is 0 Å². The Morgan fingerprint density at radius 1 is 1.00 bits per heavy atom. The SMILES string of the molecule is CC(C)C(C)(C)[Si](C)(Br)C(C)(C)c1ccccc1. The van der Waals surface area contributed by atoms with Crippen LogP contribution >= 0.6 is 15.3 Å². The first-order valence-corrected chi connectivity index (χ1v) is 11.6. The predicted molar refractivity (Wildman–Crippen MR) is 88.9 cm³/mol. The molecule has 0 aliphatic heterocycles. The first-order chi connectivity index (χ1) is 8.05. The van der Waals surface area contributed by atoms with Gasteiger partial charge in [-0.3, -0.25) is 0 Å². The summed E-state index contributed by atoms with van der Waals surface area (Å²) in [6, 6.07) is 10.9. The summed E-state index contributed by atoms with van der Waals surface area (Å²) in [6.45, 7) is 15.1. The van der Waals surface area contributed by atoms with E-state index in [1.54, 1.807) is 0 Å². The quantitative estimate of drug-likeness (QED) is 0.476. The molecule has 0 saturated heterocycles. The highest BCUT2D eigenvalue weighted by Crippen LogP contribution is 2.55. The lowest BCUT2D eigenvalue weighted by Gasteiger charge is -2.51. The van der Waals surface area contributed by atoms with Gasteiger partial charge in [-0.25, -0.2) is 0 Å². The molecule has 1 atom stereocenters. The van der Waals surface area contributed by atoms with E-state index in [-0.39, 0.29) is 5.04 Å². The van der Waals surface area contributed by atoms with Crippen LogP contribution in [0, 0.1) is 5.92 Å². The van der Waals surface area contributed by atoms with E-state index in [1.165, 1.54) is 5.56 Å². The van der Waals surface area contributed by atoms with Gasteiger partial charge < -0.3 is 0 Å². The smallest absolute Gasteiger partial charge is 0.125 e. The molecular weight excluding hydrogens is 300 g/mol. The maximum Gasteiger partial charge on any atom is 0.143 e. The van der Waals surface area contributed by atoms with Crippen molar-refractivity contribution in [1.82, 2.24) is 0 Å². The Balaban J connectivity index is 3.27. The van der Waals surface area contributed by atoms with Crippen LogP contribution in [0.3, 0.4) is 0 Å². The first kappa shape index (κ1) is 16.0. The Bertz CT molecular complexity index is 391. The third-order valence-electron chi connectivity index (χ3n) is 5.32. The molecule has 1 rings (SSSR count). The molecule has 102 valence electrons. The molecule has 1 aromatic rings. The van der Waals surface area contributed by atoms with E-state index in [1.807, 2.05) is 0 Å². The van der Waals surface area contributed by atoms with Crippen LogP contribution in [0.25, 0.3) is 0 Å². The molecule has 0 amide bonds. The van der Waals surface area contributed by atoms with E-state index in [0.29, 0.717) is 11.0 Å². The fourth-order valence-electron chi connectivity index (χ4n) is 2.47. The van der Waals surface area contributed by atoms with Gasteiger partial charge in [0.2, 0.25) is 0 Å². The minimum absolute atomic E-state index is 0.210. The van der Waals surface area contributed by atoms with E-state index < -0.39 is 6.69 Å². The van der Waals surface area contributed by atoms with Crippen molar-refractivity contribution >= 4 is 22.0 Å². The Kier molecular flexibility index (Phi) is 4.55. The fourth-order valence-corrected chi connectivity index (χ4v) is 7.94. The zero-order valence-corrected chi connectivity index (χ0v) is 15.4. The third kappa shape index (κ3) is 2.46. The molecule has 0 nitrogen and oxygen atoms in total. The van der Waals surface area contributed by atoms with E-state index in [0.717, 1.165) is 0 Å². The molecular formula is C16H27BrSi. The summed E-state index contributed by atoms with van der Waals surface area (Å²) in [5.41, 5.74) is 1.45. The molecule has 0 saturated carbocycles. The summed E-state index contributed by atoms with van der Waals surface area (Å²) >= 11 is 4.20. The maximum absolute atomic E-state index is 4.20. The summed E-state index contributed by atoms with van der Waals surface area (Å²) in [4.78, 5) is 0. The third-order valence-corrected chi connectivity index (χ3v) is 17.0. The highest BCUT2D eigenvalue weighted by atomic mass is 79.9. The van der Waals surface area contributed by atoms with Gasteiger partial charge in [0.15, 0.2) is 0 Å². The molecule has 0 aromatic heterocycles. The zero-order chi connectivity index (χ0) is 14.2. The average Bonchev–Trinajstić information content (AvgIpc) is 2.29. The van der Waals surface area contributed by atoms with Crippen molar-refractivity contribution in [3.63, 3.8) is 0 Å². The lowest BCUT2D eigenvalue weighted by Crippen LogP contribution is -2.54. The monoisotopic (exact) mass is 326 g/mol. The molecule has 0 bridgehead atoms. The topological polar surface area (TPSA) is 0 Å². The molecule has 0 aliphatic carbocycles. The zero-order valence-electron chi connectivity index (χ0n) is 12.8. The second-order valence-corrected chi connectivity index (χ2v) is 16.2. The highest BCUT2D eigenvalue weighted by Gasteiger charge is 2.53. The van der Waals surface area contributed by atoms with Gasteiger partial charge in [-0.15, -0.1) is 15.3 Å². The van der Waals surface area contributed by atoms with Gasteiger partial charge in [0.05, 0.1) is 0 Å². The minimum atomic E-state index is -1.65. The highest BCUT2D eigenvalue weighted by molar-refractivity contribution is 9.26. The molecule has 0 spiro atoms. The summed E-state index contributed by atoms with van der Waals surface area (Å²) in [5, 5.41) is 0.550.